The van der Waals surface area contributed by atoms with Crippen molar-refractivity contribution in [2.75, 3.05) is 0 Å². The van der Waals surface area contributed by atoms with Crippen molar-refractivity contribution in [2.45, 2.75) is 23.6 Å². The van der Waals surface area contributed by atoms with Gasteiger partial charge in [0.25, 0.3) is 0 Å². The van der Waals surface area contributed by atoms with E-state index in [9.17, 15) is 0 Å². The molecule has 0 amide bonds. The summed E-state index contributed by atoms with van der Waals surface area (Å²) in [4.78, 5) is 6.35. The van der Waals surface area contributed by atoms with Crippen molar-refractivity contribution in [1.82, 2.24) is 4.98 Å². The van der Waals surface area contributed by atoms with Crippen LogP contribution in [0.3, 0.4) is 0 Å². The fourth-order valence-electron chi connectivity index (χ4n) is 1.89. The number of aryl methyl sites for hydroxylation is 2. The zero-order valence-corrected chi connectivity index (χ0v) is 13.5. The zero-order valence-electron chi connectivity index (χ0n) is 11.1. The van der Waals surface area contributed by atoms with E-state index in [0.717, 1.165) is 25.7 Å². The Labute approximate surface area is 130 Å². The minimum absolute atomic E-state index is 0.0764. The Morgan fingerprint density at radius 2 is 2.10 bits per heavy atom. The van der Waals surface area contributed by atoms with Crippen LogP contribution in [0.4, 0.5) is 0 Å². The van der Waals surface area contributed by atoms with Crippen LogP contribution in [0.5, 0.6) is 0 Å². The summed E-state index contributed by atoms with van der Waals surface area (Å²) in [7, 11) is 0. The van der Waals surface area contributed by atoms with Crippen molar-refractivity contribution in [3.8, 4) is 0 Å². The van der Waals surface area contributed by atoms with Crippen LogP contribution >= 0.6 is 27.7 Å². The van der Waals surface area contributed by atoms with Gasteiger partial charge in [-0.2, -0.15) is 0 Å². The van der Waals surface area contributed by atoms with Crippen LogP contribution in [0.1, 0.15) is 17.0 Å². The average molecular weight is 352 g/mol. The molecule has 2 rings (SSSR count). The van der Waals surface area contributed by atoms with E-state index in [2.05, 4.69) is 26.1 Å². The first kappa shape index (κ1) is 14.9. The van der Waals surface area contributed by atoms with Gasteiger partial charge in [-0.1, -0.05) is 38.9 Å². The molecule has 20 heavy (non-hydrogen) atoms. The quantitative estimate of drug-likeness (QED) is 0.382. The van der Waals surface area contributed by atoms with Gasteiger partial charge in [0.2, 0.25) is 0 Å². The largest absolute Gasteiger partial charge is 0.409 e. The van der Waals surface area contributed by atoms with E-state index in [1.165, 1.54) is 0 Å². The van der Waals surface area contributed by atoms with E-state index >= 15 is 0 Å². The lowest BCUT2D eigenvalue weighted by Crippen LogP contribution is -2.17. The lowest BCUT2D eigenvalue weighted by Gasteiger charge is -2.12. The Bertz CT molecular complexity index is 673. The van der Waals surface area contributed by atoms with E-state index in [1.54, 1.807) is 11.8 Å². The van der Waals surface area contributed by atoms with Gasteiger partial charge in [0.1, 0.15) is 0 Å². The lowest BCUT2D eigenvalue weighted by molar-refractivity contribution is 0.318. The summed E-state index contributed by atoms with van der Waals surface area (Å²) in [6.45, 7) is 3.78. The van der Waals surface area contributed by atoms with Gasteiger partial charge in [-0.3, -0.25) is 4.98 Å². The van der Waals surface area contributed by atoms with Gasteiger partial charge in [0.05, 0.1) is 5.56 Å². The van der Waals surface area contributed by atoms with E-state index in [1.807, 2.05) is 44.2 Å². The van der Waals surface area contributed by atoms with Crippen LogP contribution in [0.15, 0.2) is 49.8 Å². The van der Waals surface area contributed by atoms with Crippen molar-refractivity contribution in [3.63, 3.8) is 0 Å². The van der Waals surface area contributed by atoms with Crippen molar-refractivity contribution in [1.29, 1.82) is 0 Å². The number of aromatic nitrogens is 1. The minimum Gasteiger partial charge on any atom is -0.409 e. The van der Waals surface area contributed by atoms with Crippen LogP contribution in [-0.4, -0.2) is 16.0 Å². The Morgan fingerprint density at radius 3 is 2.75 bits per heavy atom. The molecule has 0 aliphatic carbocycles. The molecule has 2 aromatic rings. The second kappa shape index (κ2) is 6.28. The summed E-state index contributed by atoms with van der Waals surface area (Å²) in [5, 5.41) is 12.0. The maximum atomic E-state index is 8.94. The third-order valence-electron chi connectivity index (χ3n) is 2.68. The SMILES string of the molecule is Cc1cc(Sc2cccc(Br)c2)c(/C(N)=N/O)c(C)n1. The molecule has 1 aromatic carbocycles. The molecule has 0 unspecified atom stereocenters. The van der Waals surface area contributed by atoms with Crippen LogP contribution in [0.25, 0.3) is 0 Å². The van der Waals surface area contributed by atoms with Crippen LogP contribution in [-0.2, 0) is 0 Å². The van der Waals surface area contributed by atoms with Crippen molar-refractivity contribution >= 4 is 33.5 Å². The highest BCUT2D eigenvalue weighted by atomic mass is 79.9. The van der Waals surface area contributed by atoms with Gasteiger partial charge in [0, 0.05) is 25.7 Å². The molecule has 0 spiro atoms. The predicted molar refractivity (Wildman–Crippen MR) is 84.5 cm³/mol. The molecule has 0 fully saturated rings. The standard InChI is InChI=1S/C14H14BrN3OS/c1-8-6-12(13(9(2)17-8)14(16)18-19)20-11-5-3-4-10(15)7-11/h3-7,19H,1-2H3,(H2,16,18). The number of amidine groups is 1. The highest BCUT2D eigenvalue weighted by molar-refractivity contribution is 9.10. The number of nitrogens with two attached hydrogens (primary N) is 1. The Balaban J connectivity index is 2.50. The average Bonchev–Trinajstić information content (AvgIpc) is 2.37. The number of oxime groups is 1. The highest BCUT2D eigenvalue weighted by Crippen LogP contribution is 2.33. The Kier molecular flexibility index (Phi) is 4.67. The molecular weight excluding hydrogens is 338 g/mol. The smallest absolute Gasteiger partial charge is 0.173 e. The molecule has 0 aliphatic rings. The second-order valence-electron chi connectivity index (χ2n) is 4.27. The van der Waals surface area contributed by atoms with Gasteiger partial charge in [-0.05, 0) is 38.1 Å². The molecule has 1 aromatic heterocycles. The first-order chi connectivity index (χ1) is 9.51. The number of nitrogens with zero attached hydrogens (tertiary/aromatic N) is 2. The van der Waals surface area contributed by atoms with Crippen molar-refractivity contribution in [2.24, 2.45) is 10.9 Å². The van der Waals surface area contributed by atoms with Crippen LogP contribution in [0, 0.1) is 13.8 Å². The van der Waals surface area contributed by atoms with Gasteiger partial charge in [-0.25, -0.2) is 0 Å². The first-order valence-corrected chi connectivity index (χ1v) is 7.51. The van der Waals surface area contributed by atoms with E-state index in [4.69, 9.17) is 10.9 Å². The summed E-state index contributed by atoms with van der Waals surface area (Å²) in [5.74, 6) is 0.0764. The van der Waals surface area contributed by atoms with Gasteiger partial charge in [-0.15, -0.1) is 0 Å². The molecule has 3 N–H and O–H groups in total. The summed E-state index contributed by atoms with van der Waals surface area (Å²) in [6.07, 6.45) is 0. The van der Waals surface area contributed by atoms with Crippen LogP contribution < -0.4 is 5.73 Å². The molecular formula is C14H14BrN3OS. The van der Waals surface area contributed by atoms with Gasteiger partial charge >= 0.3 is 0 Å². The third-order valence-corrected chi connectivity index (χ3v) is 4.20. The van der Waals surface area contributed by atoms with E-state index in [-0.39, 0.29) is 5.84 Å². The van der Waals surface area contributed by atoms with Crippen molar-refractivity contribution in [3.05, 3.63) is 51.8 Å². The second-order valence-corrected chi connectivity index (χ2v) is 6.30. The maximum absolute atomic E-state index is 8.94. The monoisotopic (exact) mass is 351 g/mol. The maximum Gasteiger partial charge on any atom is 0.173 e. The molecule has 4 nitrogen and oxygen atoms in total. The summed E-state index contributed by atoms with van der Waals surface area (Å²) >= 11 is 5.01. The lowest BCUT2D eigenvalue weighted by atomic mass is 10.1. The summed E-state index contributed by atoms with van der Waals surface area (Å²) < 4.78 is 1.01. The number of benzene rings is 1. The van der Waals surface area contributed by atoms with Crippen molar-refractivity contribution < 1.29 is 5.21 Å². The molecule has 104 valence electrons. The minimum atomic E-state index is 0.0764. The normalized spacial score (nSPS) is 11.7. The Morgan fingerprint density at radius 1 is 1.35 bits per heavy atom. The fraction of sp³-hybridized carbons (Fsp3) is 0.143. The fourth-order valence-corrected chi connectivity index (χ4v) is 3.61. The molecule has 0 bridgehead atoms. The first-order valence-electron chi connectivity index (χ1n) is 5.91. The number of hydrogen-bond acceptors (Lipinski definition) is 4. The molecule has 0 saturated heterocycles. The molecule has 0 atom stereocenters. The molecule has 0 radical (unpaired) electrons. The molecule has 0 aliphatic heterocycles. The predicted octanol–water partition coefficient (Wildman–Crippen LogP) is 3.71. The number of hydrogen-bond donors (Lipinski definition) is 2. The zero-order chi connectivity index (χ0) is 14.7. The third kappa shape index (κ3) is 3.32. The number of halogens is 1. The van der Waals surface area contributed by atoms with Gasteiger partial charge < -0.3 is 10.9 Å². The topological polar surface area (TPSA) is 71.5 Å². The van der Waals surface area contributed by atoms with Gasteiger partial charge in [0.15, 0.2) is 5.84 Å². The number of pyridine rings is 1. The summed E-state index contributed by atoms with van der Waals surface area (Å²) in [5.41, 5.74) is 8.08. The molecule has 6 heteroatoms. The highest BCUT2D eigenvalue weighted by Gasteiger charge is 2.14. The van der Waals surface area contributed by atoms with Crippen LogP contribution in [0.2, 0.25) is 0 Å². The van der Waals surface area contributed by atoms with E-state index in [0.29, 0.717) is 5.56 Å². The van der Waals surface area contributed by atoms with E-state index < -0.39 is 0 Å². The number of rotatable bonds is 3. The molecule has 1 heterocycles. The molecule has 0 saturated carbocycles. The summed E-state index contributed by atoms with van der Waals surface area (Å²) in [6, 6.07) is 9.91. The Hall–Kier alpha value is -1.53.